The highest BCUT2D eigenvalue weighted by Gasteiger charge is 2.26. The number of hydrogen-bond acceptors (Lipinski definition) is 4. The number of halogens is 2. The van der Waals surface area contributed by atoms with Crippen molar-refractivity contribution >= 4 is 39.5 Å². The minimum absolute atomic E-state index is 0.316. The van der Waals surface area contributed by atoms with E-state index in [9.17, 15) is 16.8 Å². The van der Waals surface area contributed by atoms with Crippen LogP contribution in [0.15, 0.2) is 28.0 Å². The summed E-state index contributed by atoms with van der Waals surface area (Å²) in [5.41, 5.74) is 0.316. The summed E-state index contributed by atoms with van der Waals surface area (Å²) in [6, 6.07) is 4.01. The maximum absolute atomic E-state index is 11.3. The largest absolute Gasteiger partial charge is 0.262 e. The maximum atomic E-state index is 11.3. The predicted octanol–water partition coefficient (Wildman–Crippen LogP) is 2.10. The summed E-state index contributed by atoms with van der Waals surface area (Å²) in [7, 11) is 2.06. The Morgan fingerprint density at radius 2 is 1.62 bits per heavy atom. The Morgan fingerprint density at radius 1 is 1.06 bits per heavy atom. The van der Waals surface area contributed by atoms with Gasteiger partial charge in [-0.2, -0.15) is 0 Å². The Balaban J connectivity index is 3.79. The molecule has 0 aliphatic heterocycles. The molecule has 1 rings (SSSR count). The van der Waals surface area contributed by atoms with Gasteiger partial charge in [0.15, 0.2) is 0 Å². The zero-order valence-electron chi connectivity index (χ0n) is 8.14. The summed E-state index contributed by atoms with van der Waals surface area (Å²) in [6.45, 7) is 1.69. The third-order valence-corrected chi connectivity index (χ3v) is 4.87. The molecule has 0 aliphatic rings. The summed E-state index contributed by atoms with van der Waals surface area (Å²) < 4.78 is 45.1. The van der Waals surface area contributed by atoms with Gasteiger partial charge in [0.1, 0.15) is 9.79 Å². The van der Waals surface area contributed by atoms with Crippen LogP contribution in [0.5, 0.6) is 0 Å². The molecular weight excluding hydrogens is 295 g/mol. The number of benzene rings is 1. The van der Waals surface area contributed by atoms with Gasteiger partial charge in [0.25, 0.3) is 18.1 Å². The summed E-state index contributed by atoms with van der Waals surface area (Å²) >= 11 is 0. The summed E-state index contributed by atoms with van der Waals surface area (Å²) in [4.78, 5) is -0.919. The van der Waals surface area contributed by atoms with E-state index in [4.69, 9.17) is 21.4 Å². The quantitative estimate of drug-likeness (QED) is 0.802. The second-order valence-electron chi connectivity index (χ2n) is 2.97. The third-order valence-electron chi connectivity index (χ3n) is 1.95. The second-order valence-corrected chi connectivity index (χ2v) is 8.01. The molecule has 4 nitrogen and oxygen atoms in total. The topological polar surface area (TPSA) is 68.3 Å². The molecule has 0 fully saturated rings. The first kappa shape index (κ1) is 13.8. The van der Waals surface area contributed by atoms with E-state index >= 15 is 0 Å². The first-order chi connectivity index (χ1) is 7.18. The number of aryl methyl sites for hydroxylation is 1. The lowest BCUT2D eigenvalue weighted by atomic mass is 10.2. The highest BCUT2D eigenvalue weighted by Crippen LogP contribution is 2.30. The van der Waals surface area contributed by atoms with Gasteiger partial charge in [-0.3, -0.25) is 0 Å². The monoisotopic (exact) mass is 302 g/mol. The van der Waals surface area contributed by atoms with E-state index in [0.29, 0.717) is 12.0 Å². The van der Waals surface area contributed by atoms with Gasteiger partial charge in [0.2, 0.25) is 0 Å². The third kappa shape index (κ3) is 2.88. The normalized spacial score (nSPS) is 12.7. The minimum Gasteiger partial charge on any atom is -0.207 e. The Bertz CT molecular complexity index is 605. The molecule has 8 heteroatoms. The SMILES string of the molecule is CCc1cccc(S(=O)(=O)Cl)c1S(=O)(=O)Cl. The van der Waals surface area contributed by atoms with Crippen molar-refractivity contribution in [3.63, 3.8) is 0 Å². The molecule has 0 aromatic heterocycles. The molecule has 16 heavy (non-hydrogen) atoms. The van der Waals surface area contributed by atoms with Crippen LogP contribution in [0.3, 0.4) is 0 Å². The van der Waals surface area contributed by atoms with Gasteiger partial charge in [0.05, 0.1) is 0 Å². The molecule has 0 bridgehead atoms. The summed E-state index contributed by atoms with van der Waals surface area (Å²) in [5.74, 6) is 0. The van der Waals surface area contributed by atoms with Crippen LogP contribution in [-0.2, 0) is 24.5 Å². The first-order valence-corrected chi connectivity index (χ1v) is 8.81. The van der Waals surface area contributed by atoms with Crippen molar-refractivity contribution in [2.45, 2.75) is 23.1 Å². The molecule has 1 aromatic carbocycles. The molecule has 1 aromatic rings. The van der Waals surface area contributed by atoms with Crippen LogP contribution in [0.1, 0.15) is 12.5 Å². The Hall–Kier alpha value is -0.300. The Labute approximate surface area is 103 Å². The molecule has 0 unspecified atom stereocenters. The van der Waals surface area contributed by atoms with Gasteiger partial charge in [0, 0.05) is 21.4 Å². The van der Waals surface area contributed by atoms with Gasteiger partial charge < -0.3 is 0 Å². The van der Waals surface area contributed by atoms with Crippen molar-refractivity contribution < 1.29 is 16.8 Å². The van der Waals surface area contributed by atoms with Crippen molar-refractivity contribution in [2.75, 3.05) is 0 Å². The summed E-state index contributed by atoms with van der Waals surface area (Å²) in [5, 5.41) is 0. The first-order valence-electron chi connectivity index (χ1n) is 4.19. The Morgan fingerprint density at radius 3 is 2.00 bits per heavy atom. The van der Waals surface area contributed by atoms with Crippen molar-refractivity contribution in [2.24, 2.45) is 0 Å². The van der Waals surface area contributed by atoms with Gasteiger partial charge in [-0.1, -0.05) is 19.1 Å². The minimum atomic E-state index is -4.15. The van der Waals surface area contributed by atoms with Gasteiger partial charge >= 0.3 is 0 Å². The number of rotatable bonds is 3. The van der Waals surface area contributed by atoms with Crippen LogP contribution < -0.4 is 0 Å². The van der Waals surface area contributed by atoms with Crippen molar-refractivity contribution in [1.82, 2.24) is 0 Å². The maximum Gasteiger partial charge on any atom is 0.262 e. The molecule has 0 saturated heterocycles. The summed E-state index contributed by atoms with van der Waals surface area (Å²) in [6.07, 6.45) is 0.335. The second kappa shape index (κ2) is 4.52. The van der Waals surface area contributed by atoms with Crippen LogP contribution in [0.2, 0.25) is 0 Å². The van der Waals surface area contributed by atoms with E-state index in [1.807, 2.05) is 0 Å². The molecule has 0 radical (unpaired) electrons. The zero-order chi connectivity index (χ0) is 12.6. The molecule has 0 amide bonds. The number of hydrogen-bond donors (Lipinski definition) is 0. The van der Waals surface area contributed by atoms with Crippen LogP contribution in [0, 0.1) is 0 Å². The lowest BCUT2D eigenvalue weighted by Gasteiger charge is -2.08. The Kier molecular flexibility index (Phi) is 3.89. The standard InChI is InChI=1S/C8H8Cl2O4S2/c1-2-6-4-3-5-7(15(9,11)12)8(6)16(10,13)14/h3-5H,2H2,1H3. The molecule has 0 N–H and O–H groups in total. The average Bonchev–Trinajstić information content (AvgIpc) is 2.13. The zero-order valence-corrected chi connectivity index (χ0v) is 11.3. The van der Waals surface area contributed by atoms with Gasteiger partial charge in [-0.25, -0.2) is 16.8 Å². The van der Waals surface area contributed by atoms with Crippen LogP contribution in [0.4, 0.5) is 0 Å². The van der Waals surface area contributed by atoms with Crippen LogP contribution in [-0.4, -0.2) is 16.8 Å². The molecule has 0 aliphatic carbocycles. The van der Waals surface area contributed by atoms with Crippen LogP contribution in [0.25, 0.3) is 0 Å². The smallest absolute Gasteiger partial charge is 0.207 e. The van der Waals surface area contributed by atoms with Gasteiger partial charge in [-0.15, -0.1) is 0 Å². The highest BCUT2D eigenvalue weighted by atomic mass is 35.7. The van der Waals surface area contributed by atoms with E-state index in [-0.39, 0.29) is 0 Å². The fourth-order valence-corrected chi connectivity index (χ4v) is 4.60. The van der Waals surface area contributed by atoms with Crippen molar-refractivity contribution in [1.29, 1.82) is 0 Å². The van der Waals surface area contributed by atoms with E-state index in [1.165, 1.54) is 12.1 Å². The molecule has 0 heterocycles. The lowest BCUT2D eigenvalue weighted by Crippen LogP contribution is -2.05. The molecule has 0 spiro atoms. The molecular formula is C8H8Cl2O4S2. The molecule has 0 atom stereocenters. The molecule has 90 valence electrons. The van der Waals surface area contributed by atoms with E-state index in [2.05, 4.69) is 0 Å². The average molecular weight is 303 g/mol. The van der Waals surface area contributed by atoms with E-state index < -0.39 is 27.9 Å². The molecule has 0 saturated carbocycles. The van der Waals surface area contributed by atoms with Crippen LogP contribution >= 0.6 is 21.4 Å². The highest BCUT2D eigenvalue weighted by molar-refractivity contribution is 8.16. The van der Waals surface area contributed by atoms with Crippen molar-refractivity contribution in [3.05, 3.63) is 23.8 Å². The van der Waals surface area contributed by atoms with Crippen molar-refractivity contribution in [3.8, 4) is 0 Å². The fraction of sp³-hybridized carbons (Fsp3) is 0.250. The fourth-order valence-electron chi connectivity index (χ4n) is 1.31. The van der Waals surface area contributed by atoms with Gasteiger partial charge in [-0.05, 0) is 18.1 Å². The van der Waals surface area contributed by atoms with E-state index in [0.717, 1.165) is 6.07 Å². The van der Waals surface area contributed by atoms with E-state index in [1.54, 1.807) is 6.92 Å². The predicted molar refractivity (Wildman–Crippen MR) is 61.9 cm³/mol. The lowest BCUT2D eigenvalue weighted by molar-refractivity contribution is 0.596.